The van der Waals surface area contributed by atoms with E-state index in [1.54, 1.807) is 23.9 Å². The predicted molar refractivity (Wildman–Crippen MR) is 79.0 cm³/mol. The van der Waals surface area contributed by atoms with Crippen molar-refractivity contribution in [3.8, 4) is 11.3 Å². The Balaban J connectivity index is 2.16. The summed E-state index contributed by atoms with van der Waals surface area (Å²) in [6, 6.07) is 1.95. The fraction of sp³-hybridized carbons (Fsp3) is 0.312. The molecular weight excluding hydrogens is 266 g/mol. The molecule has 0 unspecified atom stereocenters. The zero-order valence-corrected chi connectivity index (χ0v) is 12.0. The molecule has 2 aromatic heterocycles. The third kappa shape index (κ3) is 2.24. The summed E-state index contributed by atoms with van der Waals surface area (Å²) in [7, 11) is 0. The van der Waals surface area contributed by atoms with Crippen LogP contribution in [0.25, 0.3) is 11.3 Å². The number of nitrogens with zero attached hydrogens (tertiary/aromatic N) is 3. The third-order valence-corrected chi connectivity index (χ3v) is 3.62. The van der Waals surface area contributed by atoms with Crippen LogP contribution < -0.4 is 0 Å². The molecule has 5 heteroatoms. The molecule has 0 radical (unpaired) electrons. The van der Waals surface area contributed by atoms with Crippen LogP contribution in [0.5, 0.6) is 0 Å². The SMILES string of the molecule is C=CCn1nc2c(c1C(=O)OCC)CCc1cnccc1-2. The Labute approximate surface area is 123 Å². The number of esters is 1. The fourth-order valence-corrected chi connectivity index (χ4v) is 2.75. The van der Waals surface area contributed by atoms with Gasteiger partial charge in [-0.05, 0) is 31.4 Å². The van der Waals surface area contributed by atoms with E-state index in [0.717, 1.165) is 29.7 Å². The molecule has 0 aliphatic heterocycles. The highest BCUT2D eigenvalue weighted by Gasteiger charge is 2.28. The van der Waals surface area contributed by atoms with Crippen LogP contribution in [-0.2, 0) is 24.1 Å². The molecular formula is C16H17N3O2. The van der Waals surface area contributed by atoms with Gasteiger partial charge >= 0.3 is 5.97 Å². The average molecular weight is 283 g/mol. The average Bonchev–Trinajstić information content (AvgIpc) is 2.86. The second-order valence-electron chi connectivity index (χ2n) is 4.90. The van der Waals surface area contributed by atoms with E-state index in [4.69, 9.17) is 4.74 Å². The number of hydrogen-bond donors (Lipinski definition) is 0. The molecule has 0 aromatic carbocycles. The largest absolute Gasteiger partial charge is 0.461 e. The number of ether oxygens (including phenoxy) is 1. The molecule has 0 saturated heterocycles. The molecule has 0 spiro atoms. The number of fused-ring (bicyclic) bond motifs is 3. The van der Waals surface area contributed by atoms with Crippen molar-refractivity contribution in [2.45, 2.75) is 26.3 Å². The van der Waals surface area contributed by atoms with Crippen molar-refractivity contribution in [3.05, 3.63) is 47.9 Å². The van der Waals surface area contributed by atoms with Gasteiger partial charge in [-0.1, -0.05) is 6.08 Å². The first-order chi connectivity index (χ1) is 10.3. The first-order valence-corrected chi connectivity index (χ1v) is 7.07. The molecule has 3 rings (SSSR count). The third-order valence-electron chi connectivity index (χ3n) is 3.62. The van der Waals surface area contributed by atoms with E-state index in [0.29, 0.717) is 18.8 Å². The molecule has 0 amide bonds. The second-order valence-corrected chi connectivity index (χ2v) is 4.90. The molecule has 1 aliphatic rings. The van der Waals surface area contributed by atoms with Crippen molar-refractivity contribution in [2.24, 2.45) is 0 Å². The van der Waals surface area contributed by atoms with E-state index in [9.17, 15) is 4.79 Å². The van der Waals surface area contributed by atoms with Crippen LogP contribution in [0.4, 0.5) is 0 Å². The number of rotatable bonds is 4. The molecule has 0 saturated carbocycles. The number of aromatic nitrogens is 3. The van der Waals surface area contributed by atoms with Crippen molar-refractivity contribution in [2.75, 3.05) is 6.61 Å². The van der Waals surface area contributed by atoms with E-state index in [1.165, 1.54) is 5.56 Å². The molecule has 1 aliphatic carbocycles. The molecule has 0 N–H and O–H groups in total. The van der Waals surface area contributed by atoms with Gasteiger partial charge in [0.2, 0.25) is 0 Å². The van der Waals surface area contributed by atoms with Crippen LogP contribution in [0.3, 0.4) is 0 Å². The van der Waals surface area contributed by atoms with Gasteiger partial charge in [0, 0.05) is 23.5 Å². The zero-order valence-electron chi connectivity index (χ0n) is 12.0. The lowest BCUT2D eigenvalue weighted by Crippen LogP contribution is -2.15. The Kier molecular flexibility index (Phi) is 3.56. The predicted octanol–water partition coefficient (Wildman–Crippen LogP) is 2.41. The van der Waals surface area contributed by atoms with E-state index < -0.39 is 0 Å². The Morgan fingerprint density at radius 3 is 3.14 bits per heavy atom. The monoisotopic (exact) mass is 283 g/mol. The van der Waals surface area contributed by atoms with Crippen LogP contribution in [-0.4, -0.2) is 27.3 Å². The Morgan fingerprint density at radius 1 is 1.52 bits per heavy atom. The maximum Gasteiger partial charge on any atom is 0.356 e. The molecule has 0 fully saturated rings. The lowest BCUT2D eigenvalue weighted by atomic mass is 9.90. The number of carbonyl (C=O) groups excluding carboxylic acids is 1. The van der Waals surface area contributed by atoms with Crippen molar-refractivity contribution >= 4 is 5.97 Å². The molecule has 5 nitrogen and oxygen atoms in total. The lowest BCUT2D eigenvalue weighted by molar-refractivity contribution is 0.0511. The van der Waals surface area contributed by atoms with Gasteiger partial charge in [-0.15, -0.1) is 6.58 Å². The number of hydrogen-bond acceptors (Lipinski definition) is 4. The van der Waals surface area contributed by atoms with E-state index in [1.807, 2.05) is 12.3 Å². The van der Waals surface area contributed by atoms with Crippen LogP contribution >= 0.6 is 0 Å². The maximum atomic E-state index is 12.3. The number of pyridine rings is 1. The van der Waals surface area contributed by atoms with Crippen LogP contribution in [0, 0.1) is 0 Å². The number of allylic oxidation sites excluding steroid dienone is 1. The summed E-state index contributed by atoms with van der Waals surface area (Å²) in [6.07, 6.45) is 7.00. The van der Waals surface area contributed by atoms with Crippen molar-refractivity contribution in [3.63, 3.8) is 0 Å². The van der Waals surface area contributed by atoms with Gasteiger partial charge < -0.3 is 4.74 Å². The summed E-state index contributed by atoms with van der Waals surface area (Å²) < 4.78 is 6.87. The van der Waals surface area contributed by atoms with E-state index >= 15 is 0 Å². The summed E-state index contributed by atoms with van der Waals surface area (Å²) in [5, 5.41) is 4.60. The fourth-order valence-electron chi connectivity index (χ4n) is 2.75. The molecule has 0 bridgehead atoms. The smallest absolute Gasteiger partial charge is 0.356 e. The van der Waals surface area contributed by atoms with Crippen LogP contribution in [0.2, 0.25) is 0 Å². The lowest BCUT2D eigenvalue weighted by Gasteiger charge is -2.14. The maximum absolute atomic E-state index is 12.3. The van der Waals surface area contributed by atoms with E-state index in [-0.39, 0.29) is 5.97 Å². The summed E-state index contributed by atoms with van der Waals surface area (Å²) in [6.45, 7) is 6.38. The van der Waals surface area contributed by atoms with Gasteiger partial charge in [0.15, 0.2) is 5.69 Å². The highest BCUT2D eigenvalue weighted by Crippen LogP contribution is 2.34. The van der Waals surface area contributed by atoms with Gasteiger partial charge in [-0.25, -0.2) is 4.79 Å². The van der Waals surface area contributed by atoms with Gasteiger partial charge in [0.25, 0.3) is 0 Å². The second kappa shape index (κ2) is 5.52. The minimum Gasteiger partial charge on any atom is -0.461 e. The Hall–Kier alpha value is -2.43. The molecule has 108 valence electrons. The van der Waals surface area contributed by atoms with Gasteiger partial charge in [0.05, 0.1) is 18.8 Å². The normalized spacial score (nSPS) is 12.4. The standard InChI is InChI=1S/C16H17N3O2/c1-3-9-19-15(16(20)21-4-2)13-6-5-11-10-17-8-7-12(11)14(13)18-19/h3,7-8,10H,1,4-6,9H2,2H3. The summed E-state index contributed by atoms with van der Waals surface area (Å²) in [4.78, 5) is 16.4. The Bertz CT molecular complexity index is 704. The van der Waals surface area contributed by atoms with Crippen LogP contribution in [0.15, 0.2) is 31.1 Å². The summed E-state index contributed by atoms with van der Waals surface area (Å²) in [5.74, 6) is -0.314. The quantitative estimate of drug-likeness (QED) is 0.638. The minimum absolute atomic E-state index is 0.314. The minimum atomic E-state index is -0.314. The molecule has 2 aromatic rings. The van der Waals surface area contributed by atoms with Crippen molar-refractivity contribution in [1.29, 1.82) is 0 Å². The van der Waals surface area contributed by atoms with Crippen molar-refractivity contribution < 1.29 is 9.53 Å². The van der Waals surface area contributed by atoms with Gasteiger partial charge in [-0.2, -0.15) is 5.10 Å². The molecule has 2 heterocycles. The first kappa shape index (κ1) is 13.5. The summed E-state index contributed by atoms with van der Waals surface area (Å²) >= 11 is 0. The van der Waals surface area contributed by atoms with Crippen LogP contribution in [0.1, 0.15) is 28.5 Å². The van der Waals surface area contributed by atoms with Gasteiger partial charge in [-0.3, -0.25) is 9.67 Å². The van der Waals surface area contributed by atoms with Crippen molar-refractivity contribution in [1.82, 2.24) is 14.8 Å². The number of aryl methyl sites for hydroxylation is 1. The topological polar surface area (TPSA) is 57.0 Å². The Morgan fingerprint density at radius 2 is 2.38 bits per heavy atom. The highest BCUT2D eigenvalue weighted by molar-refractivity contribution is 5.92. The molecule has 21 heavy (non-hydrogen) atoms. The molecule has 0 atom stereocenters. The number of carbonyl (C=O) groups is 1. The van der Waals surface area contributed by atoms with E-state index in [2.05, 4.69) is 16.7 Å². The summed E-state index contributed by atoms with van der Waals surface area (Å²) in [5.41, 5.74) is 4.61. The highest BCUT2D eigenvalue weighted by atomic mass is 16.5. The zero-order chi connectivity index (χ0) is 14.8. The van der Waals surface area contributed by atoms with Gasteiger partial charge in [0.1, 0.15) is 0 Å². The first-order valence-electron chi connectivity index (χ1n) is 7.07.